The number of nitrogens with one attached hydrogen (secondary N) is 2. The first kappa shape index (κ1) is 13.5. The number of rotatable bonds is 5. The first-order valence-electron chi connectivity index (χ1n) is 4.60. The quantitative estimate of drug-likeness (QED) is 0.535. The lowest BCUT2D eigenvalue weighted by Gasteiger charge is -2.07. The van der Waals surface area contributed by atoms with Crippen LogP contribution in [-0.2, 0) is 10.0 Å². The summed E-state index contributed by atoms with van der Waals surface area (Å²) in [6.07, 6.45) is -0.00380. The molecule has 0 spiro atoms. The molecule has 0 bridgehead atoms. The van der Waals surface area contributed by atoms with Gasteiger partial charge < -0.3 is 5.73 Å². The Labute approximate surface area is 97.2 Å². The van der Waals surface area contributed by atoms with Crippen molar-refractivity contribution in [2.75, 3.05) is 6.54 Å². The molecule has 1 aromatic carbocycles. The maximum Gasteiger partial charge on any atom is 0.243 e. The van der Waals surface area contributed by atoms with Crippen LogP contribution in [0.3, 0.4) is 0 Å². The fourth-order valence-electron chi connectivity index (χ4n) is 1.08. The zero-order valence-electron chi connectivity index (χ0n) is 8.70. The molecule has 0 amide bonds. The van der Waals surface area contributed by atoms with Gasteiger partial charge in [-0.1, -0.05) is 0 Å². The van der Waals surface area contributed by atoms with E-state index in [0.717, 1.165) is 12.1 Å². The second kappa shape index (κ2) is 5.19. The largest absolute Gasteiger partial charge is 0.388 e. The minimum Gasteiger partial charge on any atom is -0.388 e. The van der Waals surface area contributed by atoms with Gasteiger partial charge >= 0.3 is 0 Å². The van der Waals surface area contributed by atoms with Gasteiger partial charge in [0, 0.05) is 13.0 Å². The summed E-state index contributed by atoms with van der Waals surface area (Å²) in [6.45, 7) is -0.145. The molecule has 0 aliphatic carbocycles. The molecule has 0 atom stereocenters. The second-order valence-corrected chi connectivity index (χ2v) is 4.98. The van der Waals surface area contributed by atoms with E-state index < -0.39 is 26.6 Å². The predicted molar refractivity (Wildman–Crippen MR) is 58.1 cm³/mol. The zero-order chi connectivity index (χ0) is 13.1. The van der Waals surface area contributed by atoms with Crippen molar-refractivity contribution < 1.29 is 17.2 Å². The average Bonchev–Trinajstić information content (AvgIpc) is 2.20. The lowest BCUT2D eigenvalue weighted by molar-refractivity contribution is 0.546. The minimum absolute atomic E-state index is 0.00380. The highest BCUT2D eigenvalue weighted by molar-refractivity contribution is 7.89. The standard InChI is InChI=1S/C9H11F2N3O2S/c10-6-1-2-7(11)8(5-6)17(15,16)14-4-3-9(12)13/h1-2,5,14H,3-4H2,(H3,12,13). The number of sulfonamides is 1. The monoisotopic (exact) mass is 263 g/mol. The average molecular weight is 263 g/mol. The molecule has 94 valence electrons. The lowest BCUT2D eigenvalue weighted by atomic mass is 10.3. The smallest absolute Gasteiger partial charge is 0.243 e. The molecule has 0 radical (unpaired) electrons. The third-order valence-electron chi connectivity index (χ3n) is 1.87. The van der Waals surface area contributed by atoms with Gasteiger partial charge in [0.05, 0.1) is 5.84 Å². The van der Waals surface area contributed by atoms with E-state index in [0.29, 0.717) is 6.07 Å². The number of nitrogens with two attached hydrogens (primary N) is 1. The third-order valence-corrected chi connectivity index (χ3v) is 3.35. The van der Waals surface area contributed by atoms with E-state index in [9.17, 15) is 17.2 Å². The van der Waals surface area contributed by atoms with Gasteiger partial charge in [-0.25, -0.2) is 21.9 Å². The molecular weight excluding hydrogens is 252 g/mol. The molecule has 5 nitrogen and oxygen atoms in total. The van der Waals surface area contributed by atoms with Gasteiger partial charge in [-0.15, -0.1) is 0 Å². The molecule has 0 fully saturated rings. The molecule has 17 heavy (non-hydrogen) atoms. The normalized spacial score (nSPS) is 11.4. The van der Waals surface area contributed by atoms with Gasteiger partial charge in [0.25, 0.3) is 0 Å². The van der Waals surface area contributed by atoms with E-state index in [1.165, 1.54) is 0 Å². The van der Waals surface area contributed by atoms with Crippen LogP contribution in [0.1, 0.15) is 6.42 Å². The molecule has 0 saturated heterocycles. The minimum atomic E-state index is -4.13. The second-order valence-electron chi connectivity index (χ2n) is 3.25. The molecule has 0 unspecified atom stereocenters. The summed E-state index contributed by atoms with van der Waals surface area (Å²) in [5.74, 6) is -2.09. The van der Waals surface area contributed by atoms with Crippen LogP contribution in [0.15, 0.2) is 23.1 Å². The highest BCUT2D eigenvalue weighted by Crippen LogP contribution is 2.15. The van der Waals surface area contributed by atoms with E-state index in [-0.39, 0.29) is 18.8 Å². The van der Waals surface area contributed by atoms with E-state index in [1.54, 1.807) is 0 Å². The number of halogens is 2. The van der Waals surface area contributed by atoms with Crippen LogP contribution >= 0.6 is 0 Å². The fraction of sp³-hybridized carbons (Fsp3) is 0.222. The van der Waals surface area contributed by atoms with Crippen LogP contribution < -0.4 is 10.5 Å². The fourth-order valence-corrected chi connectivity index (χ4v) is 2.20. The van der Waals surface area contributed by atoms with Gasteiger partial charge in [0.15, 0.2) is 0 Å². The highest BCUT2D eigenvalue weighted by Gasteiger charge is 2.19. The van der Waals surface area contributed by atoms with Crippen LogP contribution in [0.5, 0.6) is 0 Å². The Morgan fingerprint density at radius 3 is 2.65 bits per heavy atom. The third kappa shape index (κ3) is 3.75. The Bertz CT molecular complexity index is 531. The zero-order valence-corrected chi connectivity index (χ0v) is 9.52. The lowest BCUT2D eigenvalue weighted by Crippen LogP contribution is -2.28. The molecular formula is C9H11F2N3O2S. The first-order chi connectivity index (χ1) is 7.83. The maximum atomic E-state index is 13.2. The van der Waals surface area contributed by atoms with Crippen LogP contribution in [0.25, 0.3) is 0 Å². The molecule has 4 N–H and O–H groups in total. The van der Waals surface area contributed by atoms with Crippen LogP contribution in [0, 0.1) is 17.0 Å². The van der Waals surface area contributed by atoms with Crippen molar-refractivity contribution in [3.8, 4) is 0 Å². The van der Waals surface area contributed by atoms with Gasteiger partial charge in [-0.05, 0) is 18.2 Å². The summed E-state index contributed by atoms with van der Waals surface area (Å²) in [6, 6.07) is 2.14. The summed E-state index contributed by atoms with van der Waals surface area (Å²) in [4.78, 5) is -0.763. The molecule has 0 aliphatic heterocycles. The van der Waals surface area contributed by atoms with Crippen molar-refractivity contribution in [3.05, 3.63) is 29.8 Å². The first-order valence-corrected chi connectivity index (χ1v) is 6.09. The molecule has 1 rings (SSSR count). The molecule has 0 aromatic heterocycles. The van der Waals surface area contributed by atoms with E-state index >= 15 is 0 Å². The van der Waals surface area contributed by atoms with E-state index in [4.69, 9.17) is 11.1 Å². The number of hydrogen-bond acceptors (Lipinski definition) is 3. The molecule has 0 heterocycles. The Morgan fingerprint density at radius 1 is 1.41 bits per heavy atom. The van der Waals surface area contributed by atoms with Gasteiger partial charge in [0.2, 0.25) is 10.0 Å². The van der Waals surface area contributed by atoms with Crippen LogP contribution in [-0.4, -0.2) is 20.8 Å². The van der Waals surface area contributed by atoms with Crippen LogP contribution in [0.4, 0.5) is 8.78 Å². The molecule has 0 aliphatic rings. The molecule has 1 aromatic rings. The van der Waals surface area contributed by atoms with Crippen molar-refractivity contribution >= 4 is 15.9 Å². The summed E-state index contributed by atoms with van der Waals surface area (Å²) in [5, 5.41) is 6.89. The molecule has 0 saturated carbocycles. The van der Waals surface area contributed by atoms with Crippen LogP contribution in [0.2, 0.25) is 0 Å². The maximum absolute atomic E-state index is 13.2. The topological polar surface area (TPSA) is 96.0 Å². The molecule has 8 heteroatoms. The summed E-state index contributed by atoms with van der Waals surface area (Å²) in [7, 11) is -4.13. The summed E-state index contributed by atoms with van der Waals surface area (Å²) < 4.78 is 51.1. The highest BCUT2D eigenvalue weighted by atomic mass is 32.2. The number of hydrogen-bond donors (Lipinski definition) is 3. The van der Waals surface area contributed by atoms with Crippen molar-refractivity contribution in [1.29, 1.82) is 5.41 Å². The Hall–Kier alpha value is -1.54. The number of benzene rings is 1. The van der Waals surface area contributed by atoms with Crippen molar-refractivity contribution in [2.45, 2.75) is 11.3 Å². The summed E-state index contributed by atoms with van der Waals surface area (Å²) in [5.41, 5.74) is 5.03. The Morgan fingerprint density at radius 2 is 2.06 bits per heavy atom. The Balaban J connectivity index is 2.89. The van der Waals surface area contributed by atoms with Crippen molar-refractivity contribution in [2.24, 2.45) is 5.73 Å². The Kier molecular flexibility index (Phi) is 4.13. The van der Waals surface area contributed by atoms with E-state index in [1.807, 2.05) is 4.72 Å². The van der Waals surface area contributed by atoms with Gasteiger partial charge in [0.1, 0.15) is 16.5 Å². The van der Waals surface area contributed by atoms with Gasteiger partial charge in [-0.2, -0.15) is 0 Å². The van der Waals surface area contributed by atoms with Crippen molar-refractivity contribution in [3.63, 3.8) is 0 Å². The summed E-state index contributed by atoms with van der Waals surface area (Å²) >= 11 is 0. The predicted octanol–water partition coefficient (Wildman–Crippen LogP) is 0.569. The van der Waals surface area contributed by atoms with E-state index in [2.05, 4.69) is 0 Å². The van der Waals surface area contributed by atoms with Gasteiger partial charge in [-0.3, -0.25) is 5.41 Å². The van der Waals surface area contributed by atoms with Crippen molar-refractivity contribution in [1.82, 2.24) is 4.72 Å². The number of amidine groups is 1. The SMILES string of the molecule is N=C(N)CCNS(=O)(=O)c1cc(F)ccc1F.